The van der Waals surface area contributed by atoms with Crippen molar-refractivity contribution in [2.45, 2.75) is 56.9 Å². The van der Waals surface area contributed by atoms with Crippen LogP contribution in [-0.2, 0) is 0 Å². The van der Waals surface area contributed by atoms with Gasteiger partial charge in [0.2, 0.25) is 0 Å². The summed E-state index contributed by atoms with van der Waals surface area (Å²) in [5, 5.41) is 3.69. The van der Waals surface area contributed by atoms with Crippen molar-refractivity contribution in [3.8, 4) is 0 Å². The van der Waals surface area contributed by atoms with Crippen LogP contribution in [0.4, 0.5) is 0 Å². The molecule has 2 unspecified atom stereocenters. The maximum Gasteiger partial charge on any atom is 0.0284 e. The van der Waals surface area contributed by atoms with Gasteiger partial charge in [0.25, 0.3) is 0 Å². The molecule has 1 saturated heterocycles. The van der Waals surface area contributed by atoms with Crippen molar-refractivity contribution in [3.63, 3.8) is 0 Å². The Hall–Kier alpha value is 0.270. The molecule has 1 aliphatic carbocycles. The standard InChI is InChI=1S/C14H28N2S/c1-11(2)13-9-16(12(3)8-15-13)10-14(17-4)6-5-7-14/h11-13,15H,5-10H2,1-4H3. The molecule has 3 heteroatoms. The van der Waals surface area contributed by atoms with Crippen LogP contribution in [0.2, 0.25) is 0 Å². The van der Waals surface area contributed by atoms with Crippen molar-refractivity contribution in [2.75, 3.05) is 25.9 Å². The number of rotatable bonds is 4. The molecule has 1 aliphatic heterocycles. The van der Waals surface area contributed by atoms with Crippen molar-refractivity contribution >= 4 is 11.8 Å². The molecule has 1 heterocycles. The van der Waals surface area contributed by atoms with E-state index in [9.17, 15) is 0 Å². The summed E-state index contributed by atoms with van der Waals surface area (Å²) in [4.78, 5) is 2.73. The first-order valence-electron chi connectivity index (χ1n) is 7.09. The zero-order valence-corrected chi connectivity index (χ0v) is 12.6. The van der Waals surface area contributed by atoms with Crippen LogP contribution in [-0.4, -0.2) is 47.6 Å². The number of hydrogen-bond acceptors (Lipinski definition) is 3. The fourth-order valence-electron chi connectivity index (χ4n) is 2.98. The van der Waals surface area contributed by atoms with Gasteiger partial charge in [-0.05, 0) is 31.9 Å². The van der Waals surface area contributed by atoms with E-state index in [4.69, 9.17) is 0 Å². The Labute approximate surface area is 111 Å². The lowest BCUT2D eigenvalue weighted by Gasteiger charge is -2.48. The minimum Gasteiger partial charge on any atom is -0.311 e. The van der Waals surface area contributed by atoms with Gasteiger partial charge in [0, 0.05) is 36.5 Å². The van der Waals surface area contributed by atoms with Crippen molar-refractivity contribution < 1.29 is 0 Å². The zero-order valence-electron chi connectivity index (χ0n) is 11.8. The highest BCUT2D eigenvalue weighted by Crippen LogP contribution is 2.43. The first-order chi connectivity index (χ1) is 8.06. The molecule has 2 nitrogen and oxygen atoms in total. The van der Waals surface area contributed by atoms with Gasteiger partial charge in [0.05, 0.1) is 0 Å². The van der Waals surface area contributed by atoms with Crippen LogP contribution in [0.1, 0.15) is 40.0 Å². The van der Waals surface area contributed by atoms with E-state index in [-0.39, 0.29) is 0 Å². The van der Waals surface area contributed by atoms with Gasteiger partial charge in [-0.3, -0.25) is 4.90 Å². The zero-order chi connectivity index (χ0) is 12.5. The molecule has 2 atom stereocenters. The number of nitrogens with one attached hydrogen (secondary N) is 1. The molecule has 2 aliphatic rings. The molecule has 17 heavy (non-hydrogen) atoms. The molecule has 0 spiro atoms. The highest BCUT2D eigenvalue weighted by Gasteiger charge is 2.40. The SMILES string of the molecule is CSC1(CN2CC(C(C)C)NCC2C)CCC1. The summed E-state index contributed by atoms with van der Waals surface area (Å²) in [5.74, 6) is 0.747. The molecule has 2 fully saturated rings. The van der Waals surface area contributed by atoms with Gasteiger partial charge in [-0.1, -0.05) is 20.3 Å². The molecular weight excluding hydrogens is 228 g/mol. The topological polar surface area (TPSA) is 15.3 Å². The van der Waals surface area contributed by atoms with Gasteiger partial charge in [-0.15, -0.1) is 0 Å². The highest BCUT2D eigenvalue weighted by molar-refractivity contribution is 8.00. The molecule has 0 amide bonds. The molecule has 0 radical (unpaired) electrons. The predicted molar refractivity (Wildman–Crippen MR) is 77.8 cm³/mol. The maximum atomic E-state index is 3.69. The molecule has 2 rings (SSSR count). The Morgan fingerprint density at radius 3 is 2.59 bits per heavy atom. The smallest absolute Gasteiger partial charge is 0.0284 e. The van der Waals surface area contributed by atoms with Crippen LogP contribution in [0.25, 0.3) is 0 Å². The van der Waals surface area contributed by atoms with Crippen LogP contribution in [0, 0.1) is 5.92 Å². The fourth-order valence-corrected chi connectivity index (χ4v) is 3.97. The fraction of sp³-hybridized carbons (Fsp3) is 1.00. The number of hydrogen-bond donors (Lipinski definition) is 1. The van der Waals surface area contributed by atoms with Crippen molar-refractivity contribution in [2.24, 2.45) is 5.92 Å². The van der Waals surface area contributed by atoms with Crippen molar-refractivity contribution in [1.29, 1.82) is 0 Å². The van der Waals surface area contributed by atoms with E-state index in [0.29, 0.717) is 16.8 Å². The van der Waals surface area contributed by atoms with Crippen molar-refractivity contribution in [1.82, 2.24) is 10.2 Å². The summed E-state index contributed by atoms with van der Waals surface area (Å²) in [6, 6.07) is 1.39. The minimum atomic E-state index is 0.590. The normalized spacial score (nSPS) is 33.7. The van der Waals surface area contributed by atoms with Crippen molar-refractivity contribution in [3.05, 3.63) is 0 Å². The van der Waals surface area contributed by atoms with E-state index in [2.05, 4.69) is 49.0 Å². The lowest BCUT2D eigenvalue weighted by molar-refractivity contribution is 0.0966. The summed E-state index contributed by atoms with van der Waals surface area (Å²) < 4.78 is 0.590. The third-order valence-corrected chi connectivity index (χ3v) is 6.13. The molecule has 0 aromatic carbocycles. The Morgan fingerprint density at radius 2 is 2.12 bits per heavy atom. The Kier molecular flexibility index (Phi) is 4.43. The van der Waals surface area contributed by atoms with Gasteiger partial charge in [0.1, 0.15) is 0 Å². The summed E-state index contributed by atoms with van der Waals surface area (Å²) in [6.07, 6.45) is 6.59. The van der Waals surface area contributed by atoms with Gasteiger partial charge >= 0.3 is 0 Å². The monoisotopic (exact) mass is 256 g/mol. The lowest BCUT2D eigenvalue weighted by Crippen LogP contribution is -2.60. The third kappa shape index (κ3) is 2.99. The highest BCUT2D eigenvalue weighted by atomic mass is 32.2. The molecule has 0 aromatic heterocycles. The largest absolute Gasteiger partial charge is 0.311 e. The maximum absolute atomic E-state index is 3.69. The van der Waals surface area contributed by atoms with Crippen LogP contribution in [0.15, 0.2) is 0 Å². The average Bonchev–Trinajstić information content (AvgIpc) is 2.25. The van der Waals surface area contributed by atoms with E-state index >= 15 is 0 Å². The summed E-state index contributed by atoms with van der Waals surface area (Å²) in [5.41, 5.74) is 0. The molecule has 0 bridgehead atoms. The average molecular weight is 256 g/mol. The predicted octanol–water partition coefficient (Wildman–Crippen LogP) is 2.59. The molecule has 100 valence electrons. The number of nitrogens with zero attached hydrogens (tertiary/aromatic N) is 1. The molecule has 0 aromatic rings. The third-order valence-electron chi connectivity index (χ3n) is 4.72. The van der Waals surface area contributed by atoms with Gasteiger partial charge in [0.15, 0.2) is 0 Å². The lowest BCUT2D eigenvalue weighted by atomic mass is 9.83. The Morgan fingerprint density at radius 1 is 1.41 bits per heavy atom. The van der Waals surface area contributed by atoms with E-state index in [0.717, 1.165) is 12.5 Å². The Bertz CT molecular complexity index is 245. The molecule has 1 N–H and O–H groups in total. The van der Waals surface area contributed by atoms with Crippen LogP contribution in [0.5, 0.6) is 0 Å². The quantitative estimate of drug-likeness (QED) is 0.832. The summed E-state index contributed by atoms with van der Waals surface area (Å²) >= 11 is 2.10. The first-order valence-corrected chi connectivity index (χ1v) is 8.31. The second-order valence-corrected chi connectivity index (χ2v) is 7.55. The summed E-state index contributed by atoms with van der Waals surface area (Å²) in [6.45, 7) is 10.7. The van der Waals surface area contributed by atoms with E-state index in [1.807, 2.05) is 0 Å². The van der Waals surface area contributed by atoms with E-state index < -0.39 is 0 Å². The minimum absolute atomic E-state index is 0.590. The first kappa shape index (κ1) is 13.7. The van der Waals surface area contributed by atoms with E-state index in [1.165, 1.54) is 32.4 Å². The summed E-state index contributed by atoms with van der Waals surface area (Å²) in [7, 11) is 0. The van der Waals surface area contributed by atoms with Gasteiger partial charge < -0.3 is 5.32 Å². The number of thioether (sulfide) groups is 1. The van der Waals surface area contributed by atoms with Crippen LogP contribution >= 0.6 is 11.8 Å². The van der Waals surface area contributed by atoms with Gasteiger partial charge in [-0.25, -0.2) is 0 Å². The molecular formula is C14H28N2S. The second-order valence-electron chi connectivity index (χ2n) is 6.28. The van der Waals surface area contributed by atoms with E-state index in [1.54, 1.807) is 0 Å². The van der Waals surface area contributed by atoms with Gasteiger partial charge in [-0.2, -0.15) is 11.8 Å². The molecule has 1 saturated carbocycles. The Balaban J connectivity index is 1.93. The van der Waals surface area contributed by atoms with Crippen LogP contribution < -0.4 is 5.32 Å². The van der Waals surface area contributed by atoms with Crippen LogP contribution in [0.3, 0.4) is 0 Å². The number of piperazine rings is 1. The second kappa shape index (κ2) is 5.50.